The van der Waals surface area contributed by atoms with Crippen molar-refractivity contribution in [1.29, 1.82) is 0 Å². The molecule has 0 aliphatic heterocycles. The van der Waals surface area contributed by atoms with Crippen LogP contribution in [0.4, 0.5) is 10.5 Å². The number of aliphatic hydroxyl groups excluding tert-OH is 1. The number of aliphatic hydroxyl groups is 1. The summed E-state index contributed by atoms with van der Waals surface area (Å²) in [5, 5.41) is 21.6. The number of esters is 1. The van der Waals surface area contributed by atoms with Gasteiger partial charge in [-0.05, 0) is 63.8 Å². The predicted octanol–water partition coefficient (Wildman–Crippen LogP) is 4.50. The topological polar surface area (TPSA) is 181 Å². The van der Waals surface area contributed by atoms with E-state index in [1.54, 1.807) is 27.7 Å². The van der Waals surface area contributed by atoms with Gasteiger partial charge in [0, 0.05) is 5.56 Å². The lowest BCUT2D eigenvalue weighted by molar-refractivity contribution is -0.145. The Morgan fingerprint density at radius 1 is 0.960 bits per heavy atom. The van der Waals surface area contributed by atoms with Crippen molar-refractivity contribution in [2.24, 2.45) is 5.92 Å². The van der Waals surface area contributed by atoms with Gasteiger partial charge in [0.15, 0.2) is 6.10 Å². The summed E-state index contributed by atoms with van der Waals surface area (Å²) in [5.74, 6) is -2.67. The Bertz CT molecular complexity index is 1440. The zero-order valence-corrected chi connectivity index (χ0v) is 29.8. The zero-order chi connectivity index (χ0) is 36.7. The van der Waals surface area contributed by atoms with Crippen molar-refractivity contribution in [3.05, 3.63) is 64.7 Å². The number of hydrogen-bond acceptors (Lipinski definition) is 9. The van der Waals surface area contributed by atoms with E-state index in [1.165, 1.54) is 18.2 Å². The summed E-state index contributed by atoms with van der Waals surface area (Å²) >= 11 is 6.29. The van der Waals surface area contributed by atoms with Crippen LogP contribution < -0.4 is 21.3 Å². The molecule has 1 aliphatic carbocycles. The number of ether oxygens (including phenoxy) is 3. The van der Waals surface area contributed by atoms with E-state index in [4.69, 9.17) is 25.8 Å². The van der Waals surface area contributed by atoms with Crippen LogP contribution in [0.2, 0.25) is 5.02 Å². The largest absolute Gasteiger partial charge is 0.465 e. The zero-order valence-electron chi connectivity index (χ0n) is 29.1. The van der Waals surface area contributed by atoms with Gasteiger partial charge in [-0.25, -0.2) is 4.79 Å². The summed E-state index contributed by atoms with van der Waals surface area (Å²) in [5.41, 5.74) is 0.354. The summed E-state index contributed by atoms with van der Waals surface area (Å²) in [7, 11) is 0. The van der Waals surface area contributed by atoms with Gasteiger partial charge in [0.2, 0.25) is 5.91 Å². The molecule has 274 valence electrons. The lowest BCUT2D eigenvalue weighted by atomic mass is 9.84. The second-order valence-corrected chi connectivity index (χ2v) is 13.6. The van der Waals surface area contributed by atoms with Gasteiger partial charge in [-0.2, -0.15) is 0 Å². The van der Waals surface area contributed by atoms with E-state index in [0.29, 0.717) is 6.42 Å². The van der Waals surface area contributed by atoms with Crippen LogP contribution in [-0.2, 0) is 35.2 Å². The van der Waals surface area contributed by atoms with Crippen molar-refractivity contribution in [3.63, 3.8) is 0 Å². The van der Waals surface area contributed by atoms with Crippen LogP contribution in [-0.4, -0.2) is 78.4 Å². The number of nitrogens with one attached hydrogen (secondary N) is 4. The van der Waals surface area contributed by atoms with Crippen molar-refractivity contribution in [2.75, 3.05) is 25.1 Å². The van der Waals surface area contributed by atoms with Gasteiger partial charge in [-0.15, -0.1) is 0 Å². The lowest BCUT2D eigenvalue weighted by Gasteiger charge is -2.29. The molecule has 13 nitrogen and oxygen atoms in total. The number of benzene rings is 2. The second-order valence-electron chi connectivity index (χ2n) is 13.2. The highest BCUT2D eigenvalue weighted by Crippen LogP contribution is 2.28. The molecule has 0 heterocycles. The maximum absolute atomic E-state index is 13.9. The van der Waals surface area contributed by atoms with Gasteiger partial charge >= 0.3 is 12.1 Å². The molecule has 1 unspecified atom stereocenters. The van der Waals surface area contributed by atoms with Gasteiger partial charge in [0.25, 0.3) is 11.8 Å². The smallest absolute Gasteiger partial charge is 0.412 e. The highest BCUT2D eigenvalue weighted by atomic mass is 35.5. The summed E-state index contributed by atoms with van der Waals surface area (Å²) < 4.78 is 15.9. The first-order valence-electron chi connectivity index (χ1n) is 16.9. The first kappa shape index (κ1) is 40.2. The molecule has 0 aromatic heterocycles. The van der Waals surface area contributed by atoms with E-state index in [9.17, 15) is 29.1 Å². The molecule has 1 fully saturated rings. The molecule has 5 N–H and O–H groups in total. The van der Waals surface area contributed by atoms with Crippen molar-refractivity contribution in [2.45, 2.75) is 96.6 Å². The number of halogens is 1. The Labute approximate surface area is 298 Å². The molecule has 0 bridgehead atoms. The van der Waals surface area contributed by atoms with E-state index < -0.39 is 60.1 Å². The van der Waals surface area contributed by atoms with Crippen molar-refractivity contribution < 1.29 is 43.3 Å². The molecular formula is C36H49ClN4O9. The first-order chi connectivity index (χ1) is 23.8. The molecule has 2 aromatic carbocycles. The van der Waals surface area contributed by atoms with Crippen LogP contribution in [0.15, 0.2) is 48.5 Å². The Balaban J connectivity index is 1.80. The molecule has 2 aromatic rings. The molecule has 0 spiro atoms. The maximum Gasteiger partial charge on any atom is 0.412 e. The molecule has 1 aliphatic rings. The van der Waals surface area contributed by atoms with Gasteiger partial charge < -0.3 is 35.3 Å². The van der Waals surface area contributed by atoms with Crippen LogP contribution in [0.5, 0.6) is 0 Å². The van der Waals surface area contributed by atoms with Crippen LogP contribution in [0, 0.1) is 5.92 Å². The number of amides is 4. The second kappa shape index (κ2) is 19.9. The summed E-state index contributed by atoms with van der Waals surface area (Å²) in [4.78, 5) is 64.6. The molecule has 3 rings (SSSR count). The molecule has 50 heavy (non-hydrogen) atoms. The monoisotopic (exact) mass is 716 g/mol. The molecule has 1 saturated carbocycles. The van der Waals surface area contributed by atoms with Gasteiger partial charge in [0.1, 0.15) is 18.2 Å². The van der Waals surface area contributed by atoms with Gasteiger partial charge in [-0.1, -0.05) is 74.0 Å². The Hall–Kier alpha value is -4.20. The average Bonchev–Trinajstić information content (AvgIpc) is 3.07. The van der Waals surface area contributed by atoms with Crippen LogP contribution in [0.25, 0.3) is 0 Å². The minimum Gasteiger partial charge on any atom is -0.465 e. The molecule has 0 radical (unpaired) electrons. The van der Waals surface area contributed by atoms with E-state index in [0.717, 1.165) is 37.7 Å². The summed E-state index contributed by atoms with van der Waals surface area (Å²) in [6, 6.07) is 11.2. The Morgan fingerprint density at radius 2 is 1.66 bits per heavy atom. The quantitative estimate of drug-likeness (QED) is 0.156. The number of hydrogen-bond donors (Lipinski definition) is 5. The molecular weight excluding hydrogens is 668 g/mol. The standard InChI is InChI=1S/C36H49ClN4O9/c1-5-49-30(42)20-38-34(46)31(43)29(22-48-21-24-14-10-7-11-15-24)40-33(45)28(18-23-12-8-6-9-13-23)39-32(44)25-16-17-26(37)27(19-25)41-35(47)50-36(2,3)4/h7,10-11,14-17,19,23,28-29,31,43H,5-6,8-9,12-13,18,20-22H2,1-4H3,(H,38,46)(H,39,44)(H,40,45)(H,41,47)/t28-,29-,31?/m0/s1. The molecule has 4 amide bonds. The van der Waals surface area contributed by atoms with Crippen LogP contribution >= 0.6 is 11.6 Å². The fraction of sp³-hybridized carbons (Fsp3) is 0.528. The fourth-order valence-electron chi connectivity index (χ4n) is 5.44. The van der Waals surface area contributed by atoms with E-state index in [1.807, 2.05) is 30.3 Å². The SMILES string of the molecule is CCOC(=O)CNC(=O)C(O)[C@H](COCc1ccccc1)NC(=O)[C@H](CC1CCCCC1)NC(=O)c1ccc(Cl)c(NC(=O)OC(C)(C)C)c1. The summed E-state index contributed by atoms with van der Waals surface area (Å²) in [6.45, 7) is 6.30. The third-order valence-corrected chi connectivity index (χ3v) is 8.21. The van der Waals surface area contributed by atoms with Crippen LogP contribution in [0.3, 0.4) is 0 Å². The molecule has 3 atom stereocenters. The average molecular weight is 717 g/mol. The number of anilines is 1. The van der Waals surface area contributed by atoms with E-state index in [-0.39, 0.29) is 42.0 Å². The van der Waals surface area contributed by atoms with E-state index in [2.05, 4.69) is 21.3 Å². The normalized spacial score (nSPS) is 15.2. The fourth-order valence-corrected chi connectivity index (χ4v) is 5.60. The Kier molecular flexibility index (Phi) is 16.0. The first-order valence-corrected chi connectivity index (χ1v) is 17.3. The van der Waals surface area contributed by atoms with Gasteiger partial charge in [0.05, 0.1) is 36.6 Å². The predicted molar refractivity (Wildman–Crippen MR) is 187 cm³/mol. The number of carbonyl (C=O) groups is 5. The summed E-state index contributed by atoms with van der Waals surface area (Å²) in [6.07, 6.45) is 2.62. The number of carbonyl (C=O) groups excluding carboxylic acids is 5. The molecule has 0 saturated heterocycles. The minimum absolute atomic E-state index is 0.120. The molecule has 14 heteroatoms. The Morgan fingerprint density at radius 3 is 2.32 bits per heavy atom. The van der Waals surface area contributed by atoms with Crippen molar-refractivity contribution >= 4 is 47.1 Å². The van der Waals surface area contributed by atoms with E-state index >= 15 is 0 Å². The van der Waals surface area contributed by atoms with Crippen molar-refractivity contribution in [1.82, 2.24) is 16.0 Å². The third-order valence-electron chi connectivity index (χ3n) is 7.88. The minimum atomic E-state index is -1.80. The van der Waals surface area contributed by atoms with Crippen molar-refractivity contribution in [3.8, 4) is 0 Å². The third kappa shape index (κ3) is 14.0. The van der Waals surface area contributed by atoms with Gasteiger partial charge in [-0.3, -0.25) is 24.5 Å². The lowest BCUT2D eigenvalue weighted by Crippen LogP contribution is -2.57. The van der Waals surface area contributed by atoms with Crippen LogP contribution in [0.1, 0.15) is 82.1 Å². The maximum atomic E-state index is 13.9. The number of rotatable bonds is 16. The highest BCUT2D eigenvalue weighted by Gasteiger charge is 2.33. The highest BCUT2D eigenvalue weighted by molar-refractivity contribution is 6.33.